The zero-order valence-electron chi connectivity index (χ0n) is 23.9. The van der Waals surface area contributed by atoms with Crippen molar-refractivity contribution in [1.82, 2.24) is 19.8 Å². The molecule has 0 aliphatic carbocycles. The summed E-state index contributed by atoms with van der Waals surface area (Å²) in [6, 6.07) is 25.1. The summed E-state index contributed by atoms with van der Waals surface area (Å²) in [5.41, 5.74) is 8.85. The number of fused-ring (bicyclic) bond motifs is 1. The van der Waals surface area contributed by atoms with Crippen molar-refractivity contribution in [3.63, 3.8) is 0 Å². The first-order chi connectivity index (χ1) is 19.6. The molecule has 4 nitrogen and oxygen atoms in total. The Hall–Kier alpha value is -2.92. The molecule has 5 heteroatoms. The Kier molecular flexibility index (Phi) is 8.38. The van der Waals surface area contributed by atoms with Gasteiger partial charge in [-0.15, -0.1) is 0 Å². The second-order valence-electron chi connectivity index (χ2n) is 11.5. The lowest BCUT2D eigenvalue weighted by Crippen LogP contribution is -2.49. The zero-order chi connectivity index (χ0) is 27.5. The van der Waals surface area contributed by atoms with Crippen molar-refractivity contribution in [1.29, 1.82) is 0 Å². The molecule has 2 aliphatic heterocycles. The Morgan fingerprint density at radius 2 is 1.75 bits per heavy atom. The van der Waals surface area contributed by atoms with Gasteiger partial charge in [-0.05, 0) is 91.6 Å². The molecule has 0 atom stereocenters. The fourth-order valence-corrected chi connectivity index (χ4v) is 7.12. The van der Waals surface area contributed by atoms with Crippen LogP contribution in [0.1, 0.15) is 61.8 Å². The van der Waals surface area contributed by atoms with E-state index in [1.54, 1.807) is 5.56 Å². The third-order valence-corrected chi connectivity index (χ3v) is 9.54. The Morgan fingerprint density at radius 3 is 2.52 bits per heavy atom. The maximum absolute atomic E-state index is 6.67. The lowest BCUT2D eigenvalue weighted by molar-refractivity contribution is 0.0732. The maximum atomic E-state index is 6.67. The Balaban J connectivity index is 1.15. The number of hydrogen-bond acceptors (Lipinski definition) is 3. The van der Waals surface area contributed by atoms with Gasteiger partial charge in [0.2, 0.25) is 0 Å². The highest BCUT2D eigenvalue weighted by Crippen LogP contribution is 2.32. The van der Waals surface area contributed by atoms with Crippen molar-refractivity contribution in [3.05, 3.63) is 100 Å². The molecule has 0 bridgehead atoms. The van der Waals surface area contributed by atoms with Crippen molar-refractivity contribution in [2.45, 2.75) is 71.0 Å². The number of likely N-dealkylation sites (tertiary alicyclic amines) is 1. The zero-order valence-corrected chi connectivity index (χ0v) is 24.6. The van der Waals surface area contributed by atoms with Gasteiger partial charge in [-0.3, -0.25) is 4.90 Å². The van der Waals surface area contributed by atoms with Crippen LogP contribution in [0, 0.1) is 0 Å². The molecule has 1 aromatic heterocycles. The Bertz CT molecular complexity index is 1420. The first-order valence-corrected chi connectivity index (χ1v) is 15.5. The fourth-order valence-electron chi connectivity index (χ4n) is 6.92. The molecule has 6 rings (SSSR count). The molecule has 1 saturated heterocycles. The van der Waals surface area contributed by atoms with Crippen molar-refractivity contribution >= 4 is 11.6 Å². The minimum absolute atomic E-state index is 0.718. The molecule has 40 heavy (non-hydrogen) atoms. The first-order valence-electron chi connectivity index (χ1n) is 15.1. The molecule has 0 amide bonds. The number of aromatic nitrogens is 2. The van der Waals surface area contributed by atoms with E-state index >= 15 is 0 Å². The summed E-state index contributed by atoms with van der Waals surface area (Å²) in [5, 5.41) is 0.721. The van der Waals surface area contributed by atoms with Crippen LogP contribution >= 0.6 is 11.6 Å². The molecular weight excluding hydrogens is 512 g/mol. The highest BCUT2D eigenvalue weighted by atomic mass is 35.5. The largest absolute Gasteiger partial charge is 0.338 e. The van der Waals surface area contributed by atoms with Gasteiger partial charge < -0.3 is 9.88 Å². The molecule has 4 aromatic rings. The molecule has 0 radical (unpaired) electrons. The Labute approximate surface area is 244 Å². The van der Waals surface area contributed by atoms with Crippen molar-refractivity contribution in [2.75, 3.05) is 19.6 Å². The number of hydrogen-bond donors (Lipinski definition) is 1. The maximum Gasteiger partial charge on any atom is 0.139 e. The van der Waals surface area contributed by atoms with Crippen LogP contribution in [0.15, 0.2) is 72.9 Å². The van der Waals surface area contributed by atoms with E-state index in [0.29, 0.717) is 0 Å². The number of imidazole rings is 1. The van der Waals surface area contributed by atoms with Crippen molar-refractivity contribution in [3.8, 4) is 22.6 Å². The highest BCUT2D eigenvalue weighted by molar-refractivity contribution is 6.33. The molecule has 3 heterocycles. The summed E-state index contributed by atoms with van der Waals surface area (Å²) < 4.78 is 0. The topological polar surface area (TPSA) is 35.2 Å². The lowest BCUT2D eigenvalue weighted by atomic mass is 9.89. The number of H-pyrrole nitrogens is 1. The molecule has 1 N–H and O–H groups in total. The van der Waals surface area contributed by atoms with E-state index in [1.807, 2.05) is 30.5 Å². The van der Waals surface area contributed by atoms with Gasteiger partial charge in [0.15, 0.2) is 0 Å². The molecule has 1 fully saturated rings. The summed E-state index contributed by atoms with van der Waals surface area (Å²) in [5.74, 6) is 0.812. The molecule has 208 valence electrons. The van der Waals surface area contributed by atoms with Crippen molar-refractivity contribution < 1.29 is 0 Å². The van der Waals surface area contributed by atoms with Gasteiger partial charge in [-0.25, -0.2) is 4.98 Å². The van der Waals surface area contributed by atoms with Crippen LogP contribution in [-0.2, 0) is 19.4 Å². The summed E-state index contributed by atoms with van der Waals surface area (Å²) in [7, 11) is 0. The smallest absolute Gasteiger partial charge is 0.139 e. The quantitative estimate of drug-likeness (QED) is 0.240. The van der Waals surface area contributed by atoms with E-state index in [2.05, 4.69) is 76.1 Å². The second-order valence-corrected chi connectivity index (χ2v) is 11.9. The van der Waals surface area contributed by atoms with Crippen LogP contribution in [0.2, 0.25) is 5.02 Å². The highest BCUT2D eigenvalue weighted by Gasteiger charge is 2.29. The summed E-state index contributed by atoms with van der Waals surface area (Å²) in [4.78, 5) is 13.6. The van der Waals surface area contributed by atoms with Crippen LogP contribution in [0.25, 0.3) is 22.6 Å². The third kappa shape index (κ3) is 5.76. The van der Waals surface area contributed by atoms with Crippen LogP contribution < -0.4 is 0 Å². The number of nitrogens with zero attached hydrogens (tertiary/aromatic N) is 3. The van der Waals surface area contributed by atoms with Gasteiger partial charge in [0.25, 0.3) is 0 Å². The first kappa shape index (κ1) is 27.3. The van der Waals surface area contributed by atoms with Crippen LogP contribution in [0.3, 0.4) is 0 Å². The third-order valence-electron chi connectivity index (χ3n) is 9.21. The van der Waals surface area contributed by atoms with Gasteiger partial charge >= 0.3 is 0 Å². The predicted molar refractivity (Wildman–Crippen MR) is 167 cm³/mol. The SMILES string of the molecule is CCC(CC)N1CCC(N2CCc3c(Cc4ccc(Cl)c(-c5ncc(-c6ccccc6)[nH]5)c4)cccc3C2)CC1. The second kappa shape index (κ2) is 12.3. The van der Waals surface area contributed by atoms with E-state index in [4.69, 9.17) is 11.6 Å². The number of aromatic amines is 1. The number of piperidine rings is 1. The van der Waals surface area contributed by atoms with Crippen LogP contribution in [0.4, 0.5) is 0 Å². The van der Waals surface area contributed by atoms with Gasteiger partial charge in [-0.2, -0.15) is 0 Å². The van der Waals surface area contributed by atoms with Gasteiger partial charge in [0.05, 0.1) is 16.9 Å². The van der Waals surface area contributed by atoms with Gasteiger partial charge in [0.1, 0.15) is 5.82 Å². The fraction of sp³-hybridized carbons (Fsp3) is 0.400. The average Bonchev–Trinajstić information content (AvgIpc) is 3.50. The number of nitrogens with one attached hydrogen (secondary N) is 1. The molecule has 3 aromatic carbocycles. The number of benzene rings is 3. The van der Waals surface area contributed by atoms with Crippen molar-refractivity contribution in [2.24, 2.45) is 0 Å². The van der Waals surface area contributed by atoms with E-state index in [-0.39, 0.29) is 0 Å². The summed E-state index contributed by atoms with van der Waals surface area (Å²) in [6.45, 7) is 9.43. The summed E-state index contributed by atoms with van der Waals surface area (Å²) >= 11 is 6.67. The van der Waals surface area contributed by atoms with Gasteiger partial charge in [-0.1, -0.05) is 80.0 Å². The molecule has 2 aliphatic rings. The normalized spacial score (nSPS) is 16.9. The predicted octanol–water partition coefficient (Wildman–Crippen LogP) is 8.00. The van der Waals surface area contributed by atoms with E-state index in [9.17, 15) is 0 Å². The van der Waals surface area contributed by atoms with E-state index in [1.165, 1.54) is 62.0 Å². The molecule has 0 spiro atoms. The van der Waals surface area contributed by atoms with E-state index in [0.717, 1.165) is 59.1 Å². The standard InChI is InChI=1S/C35H41ClN4/c1-3-29(4-2)39-18-15-30(16-19-39)40-20-17-31-27(11-8-12-28(31)24-40)21-25-13-14-33(36)32(22-25)35-37-23-34(38-35)26-9-6-5-7-10-26/h5-14,22-23,29-30H,3-4,15-21,24H2,1-2H3,(H,37,38). The van der Waals surface area contributed by atoms with Crippen LogP contribution in [0.5, 0.6) is 0 Å². The molecule has 0 unspecified atom stereocenters. The average molecular weight is 553 g/mol. The van der Waals surface area contributed by atoms with Gasteiger partial charge in [0, 0.05) is 30.7 Å². The Morgan fingerprint density at radius 1 is 0.950 bits per heavy atom. The number of rotatable bonds is 8. The summed E-state index contributed by atoms with van der Waals surface area (Å²) in [6.07, 6.45) is 9.09. The minimum atomic E-state index is 0.718. The minimum Gasteiger partial charge on any atom is -0.338 e. The monoisotopic (exact) mass is 552 g/mol. The molecular formula is C35H41ClN4. The van der Waals surface area contributed by atoms with Crippen LogP contribution in [-0.4, -0.2) is 51.5 Å². The van der Waals surface area contributed by atoms with E-state index < -0.39 is 0 Å². The number of halogens is 1. The lowest BCUT2D eigenvalue weighted by Gasteiger charge is -2.43. The molecule has 0 saturated carbocycles.